The molecular weight excluding hydrogens is 228 g/mol. The zero-order valence-corrected chi connectivity index (χ0v) is 10.2. The van der Waals surface area contributed by atoms with Crippen molar-refractivity contribution in [2.75, 3.05) is 7.05 Å². The van der Waals surface area contributed by atoms with Crippen LogP contribution in [0.25, 0.3) is 0 Å². The first kappa shape index (κ1) is 12.1. The number of nitrogen functional groups attached to an aromatic ring is 1. The zero-order chi connectivity index (χ0) is 13.1. The maximum absolute atomic E-state index is 7.55. The van der Waals surface area contributed by atoms with Crippen molar-refractivity contribution >= 4 is 17.5 Å². The smallest absolute Gasteiger partial charge is 0.209 e. The Morgan fingerprint density at radius 1 is 1.33 bits per heavy atom. The van der Waals surface area contributed by atoms with Crippen molar-refractivity contribution in [2.45, 2.75) is 12.8 Å². The van der Waals surface area contributed by atoms with E-state index in [0.29, 0.717) is 0 Å². The molecule has 0 bridgehead atoms. The number of benzene rings is 1. The SMILES string of the molecule is CN=C(N)N/N=C1/CCc2c(C(=N)N)cccc21. The number of amidine groups is 1. The minimum Gasteiger partial charge on any atom is -0.384 e. The number of nitrogens with one attached hydrogen (secondary N) is 2. The molecular formula is C12H16N6. The summed E-state index contributed by atoms with van der Waals surface area (Å²) in [7, 11) is 1.60. The number of guanidine groups is 1. The molecule has 0 saturated heterocycles. The van der Waals surface area contributed by atoms with Gasteiger partial charge < -0.3 is 11.5 Å². The van der Waals surface area contributed by atoms with Crippen LogP contribution in [0.5, 0.6) is 0 Å². The number of nitrogens with zero attached hydrogens (tertiary/aromatic N) is 2. The molecule has 6 N–H and O–H groups in total. The first-order valence-corrected chi connectivity index (χ1v) is 5.65. The molecule has 1 aliphatic carbocycles. The van der Waals surface area contributed by atoms with E-state index < -0.39 is 0 Å². The van der Waals surface area contributed by atoms with E-state index >= 15 is 0 Å². The summed E-state index contributed by atoms with van der Waals surface area (Å²) in [6.07, 6.45) is 1.65. The van der Waals surface area contributed by atoms with Gasteiger partial charge in [-0.05, 0) is 18.4 Å². The number of nitrogens with two attached hydrogens (primary N) is 2. The van der Waals surface area contributed by atoms with Crippen molar-refractivity contribution in [3.8, 4) is 0 Å². The van der Waals surface area contributed by atoms with Crippen LogP contribution in [0, 0.1) is 5.41 Å². The van der Waals surface area contributed by atoms with E-state index in [1.807, 2.05) is 18.2 Å². The second kappa shape index (κ2) is 4.87. The third-order valence-corrected chi connectivity index (χ3v) is 2.94. The number of hydrazone groups is 1. The lowest BCUT2D eigenvalue weighted by Crippen LogP contribution is -2.28. The summed E-state index contributed by atoms with van der Waals surface area (Å²) in [5.41, 5.74) is 17.6. The minimum atomic E-state index is 0.0932. The molecule has 0 radical (unpaired) electrons. The predicted molar refractivity (Wildman–Crippen MR) is 73.0 cm³/mol. The fourth-order valence-corrected chi connectivity index (χ4v) is 2.05. The van der Waals surface area contributed by atoms with Crippen LogP contribution in [0.2, 0.25) is 0 Å². The van der Waals surface area contributed by atoms with Gasteiger partial charge in [-0.25, -0.2) is 5.43 Å². The van der Waals surface area contributed by atoms with Crippen LogP contribution in [-0.4, -0.2) is 24.6 Å². The van der Waals surface area contributed by atoms with E-state index in [4.69, 9.17) is 16.9 Å². The Morgan fingerprint density at radius 2 is 2.11 bits per heavy atom. The highest BCUT2D eigenvalue weighted by Gasteiger charge is 2.21. The largest absolute Gasteiger partial charge is 0.384 e. The van der Waals surface area contributed by atoms with Crippen LogP contribution in [0.15, 0.2) is 28.3 Å². The Kier molecular flexibility index (Phi) is 3.27. The van der Waals surface area contributed by atoms with Crippen LogP contribution in [0.3, 0.4) is 0 Å². The van der Waals surface area contributed by atoms with Crippen molar-refractivity contribution in [1.29, 1.82) is 5.41 Å². The summed E-state index contributed by atoms with van der Waals surface area (Å²) in [5.74, 6) is 0.370. The van der Waals surface area contributed by atoms with E-state index in [2.05, 4.69) is 15.5 Å². The van der Waals surface area contributed by atoms with Gasteiger partial charge in [0.25, 0.3) is 0 Å². The molecule has 1 aromatic carbocycles. The summed E-state index contributed by atoms with van der Waals surface area (Å²) in [5, 5.41) is 11.8. The first-order chi connectivity index (χ1) is 8.63. The van der Waals surface area contributed by atoms with Crippen molar-refractivity contribution < 1.29 is 0 Å². The molecule has 0 amide bonds. The minimum absolute atomic E-state index is 0.0932. The second-order valence-corrected chi connectivity index (χ2v) is 4.02. The van der Waals surface area contributed by atoms with Gasteiger partial charge in [-0.3, -0.25) is 10.4 Å². The van der Waals surface area contributed by atoms with Crippen molar-refractivity contribution in [2.24, 2.45) is 21.6 Å². The fourth-order valence-electron chi connectivity index (χ4n) is 2.05. The van der Waals surface area contributed by atoms with Gasteiger partial charge in [-0.1, -0.05) is 18.2 Å². The van der Waals surface area contributed by atoms with E-state index in [1.54, 1.807) is 7.05 Å². The second-order valence-electron chi connectivity index (χ2n) is 4.02. The van der Waals surface area contributed by atoms with Crippen molar-refractivity contribution in [1.82, 2.24) is 5.43 Å². The van der Waals surface area contributed by atoms with E-state index in [9.17, 15) is 0 Å². The van der Waals surface area contributed by atoms with Gasteiger partial charge in [-0.2, -0.15) is 5.10 Å². The van der Waals surface area contributed by atoms with Gasteiger partial charge in [0.1, 0.15) is 5.84 Å². The molecule has 0 spiro atoms. The van der Waals surface area contributed by atoms with Gasteiger partial charge in [0.15, 0.2) is 0 Å². The maximum atomic E-state index is 7.55. The molecule has 0 aromatic heterocycles. The summed E-state index contributed by atoms with van der Waals surface area (Å²) in [4.78, 5) is 3.77. The van der Waals surface area contributed by atoms with E-state index in [-0.39, 0.29) is 11.8 Å². The molecule has 0 saturated carbocycles. The number of hydrogen-bond acceptors (Lipinski definition) is 3. The highest BCUT2D eigenvalue weighted by atomic mass is 15.4. The van der Waals surface area contributed by atoms with Gasteiger partial charge >= 0.3 is 0 Å². The molecule has 94 valence electrons. The molecule has 18 heavy (non-hydrogen) atoms. The average Bonchev–Trinajstić information content (AvgIpc) is 2.78. The topological polar surface area (TPSA) is 113 Å². The quantitative estimate of drug-likeness (QED) is 0.337. The molecule has 2 rings (SSSR count). The normalized spacial score (nSPS) is 16.7. The van der Waals surface area contributed by atoms with E-state index in [0.717, 1.165) is 35.2 Å². The van der Waals surface area contributed by atoms with Gasteiger partial charge in [0.05, 0.1) is 5.71 Å². The van der Waals surface area contributed by atoms with Gasteiger partial charge in [0, 0.05) is 18.2 Å². The van der Waals surface area contributed by atoms with Gasteiger partial charge in [-0.15, -0.1) is 0 Å². The highest BCUT2D eigenvalue weighted by molar-refractivity contribution is 6.08. The van der Waals surface area contributed by atoms with Crippen LogP contribution in [0.4, 0.5) is 0 Å². The molecule has 1 aromatic rings. The van der Waals surface area contributed by atoms with Crippen LogP contribution in [0.1, 0.15) is 23.1 Å². The summed E-state index contributed by atoms with van der Waals surface area (Å²) in [6, 6.07) is 5.72. The number of rotatable bonds is 2. The Hall–Kier alpha value is -2.37. The van der Waals surface area contributed by atoms with E-state index in [1.165, 1.54) is 0 Å². The van der Waals surface area contributed by atoms with Gasteiger partial charge in [0.2, 0.25) is 5.96 Å². The number of aliphatic imine (C=N–C) groups is 1. The molecule has 0 unspecified atom stereocenters. The molecule has 1 aliphatic rings. The lowest BCUT2D eigenvalue weighted by Gasteiger charge is -2.06. The van der Waals surface area contributed by atoms with Crippen LogP contribution >= 0.6 is 0 Å². The summed E-state index contributed by atoms with van der Waals surface area (Å²) >= 11 is 0. The summed E-state index contributed by atoms with van der Waals surface area (Å²) in [6.45, 7) is 0. The molecule has 6 heteroatoms. The molecule has 0 heterocycles. The molecule has 0 fully saturated rings. The molecule has 6 nitrogen and oxygen atoms in total. The third-order valence-electron chi connectivity index (χ3n) is 2.94. The molecule has 0 atom stereocenters. The van der Waals surface area contributed by atoms with Crippen LogP contribution < -0.4 is 16.9 Å². The van der Waals surface area contributed by atoms with Crippen molar-refractivity contribution in [3.05, 3.63) is 34.9 Å². The standard InChI is InChI=1S/C12H16N6/c1-16-12(15)18-17-10-6-5-7-8(10)3-2-4-9(7)11(13)14/h2-4H,5-6H2,1H3,(H3,13,14)(H3,15,16,18)/b17-10-. The Labute approximate surface area is 105 Å². The van der Waals surface area contributed by atoms with Crippen LogP contribution in [-0.2, 0) is 6.42 Å². The zero-order valence-electron chi connectivity index (χ0n) is 10.2. The lowest BCUT2D eigenvalue weighted by molar-refractivity contribution is 0.981. The fraction of sp³-hybridized carbons (Fsp3) is 0.250. The monoisotopic (exact) mass is 244 g/mol. The summed E-state index contributed by atoms with van der Waals surface area (Å²) < 4.78 is 0. The Bertz CT molecular complexity index is 543. The number of hydrogen-bond donors (Lipinski definition) is 4. The Morgan fingerprint density at radius 3 is 2.78 bits per heavy atom. The average molecular weight is 244 g/mol. The predicted octanol–water partition coefficient (Wildman–Crippen LogP) is 0.155. The molecule has 0 aliphatic heterocycles. The first-order valence-electron chi connectivity index (χ1n) is 5.65. The maximum Gasteiger partial charge on any atom is 0.209 e. The number of fused-ring (bicyclic) bond motifs is 1. The third kappa shape index (κ3) is 2.17. The Balaban J connectivity index is 2.34. The lowest BCUT2D eigenvalue weighted by atomic mass is 10.0. The van der Waals surface area contributed by atoms with Crippen molar-refractivity contribution in [3.63, 3.8) is 0 Å². The highest BCUT2D eigenvalue weighted by Crippen LogP contribution is 2.25.